The van der Waals surface area contributed by atoms with Gasteiger partial charge in [0.15, 0.2) is 0 Å². The Kier molecular flexibility index (Phi) is 3.92. The van der Waals surface area contributed by atoms with Crippen LogP contribution >= 0.6 is 0 Å². The van der Waals surface area contributed by atoms with Crippen LogP contribution in [0.3, 0.4) is 0 Å². The van der Waals surface area contributed by atoms with E-state index < -0.39 is 0 Å². The Morgan fingerprint density at radius 1 is 1.33 bits per heavy atom. The van der Waals surface area contributed by atoms with Crippen molar-refractivity contribution < 1.29 is 9.47 Å². The van der Waals surface area contributed by atoms with Crippen molar-refractivity contribution in [3.63, 3.8) is 0 Å². The molecule has 0 bridgehead atoms. The molecule has 2 saturated heterocycles. The summed E-state index contributed by atoms with van der Waals surface area (Å²) in [6.45, 7) is 8.54. The van der Waals surface area contributed by atoms with Gasteiger partial charge in [0, 0.05) is 38.3 Å². The van der Waals surface area contributed by atoms with Gasteiger partial charge in [0.2, 0.25) is 0 Å². The Balaban J connectivity index is 1.64. The van der Waals surface area contributed by atoms with Crippen LogP contribution in [0, 0.1) is 11.3 Å². The summed E-state index contributed by atoms with van der Waals surface area (Å²) in [6, 6.07) is 0. The van der Waals surface area contributed by atoms with E-state index in [0.29, 0.717) is 11.5 Å². The van der Waals surface area contributed by atoms with Crippen molar-refractivity contribution >= 4 is 0 Å². The lowest BCUT2D eigenvalue weighted by atomic mass is 9.73. The van der Waals surface area contributed by atoms with Crippen LogP contribution in [0.2, 0.25) is 0 Å². The summed E-state index contributed by atoms with van der Waals surface area (Å²) < 4.78 is 11.8. The third kappa shape index (κ3) is 2.73. The van der Waals surface area contributed by atoms with Gasteiger partial charge in [0.1, 0.15) is 0 Å². The van der Waals surface area contributed by atoms with Crippen molar-refractivity contribution in [2.75, 3.05) is 39.5 Å². The third-order valence-corrected chi connectivity index (χ3v) is 4.87. The fourth-order valence-corrected chi connectivity index (χ4v) is 3.72. The van der Waals surface area contributed by atoms with Gasteiger partial charge in [-0.2, -0.15) is 0 Å². The molecule has 0 amide bonds. The van der Waals surface area contributed by atoms with Crippen LogP contribution in [0.5, 0.6) is 0 Å². The highest BCUT2D eigenvalue weighted by Crippen LogP contribution is 2.41. The van der Waals surface area contributed by atoms with Crippen LogP contribution in [0.1, 0.15) is 39.0 Å². The van der Waals surface area contributed by atoms with Gasteiger partial charge >= 0.3 is 0 Å². The lowest BCUT2D eigenvalue weighted by Gasteiger charge is -2.50. The number of nitrogens with zero attached hydrogens (tertiary/aromatic N) is 1. The minimum atomic E-state index is 0.293. The van der Waals surface area contributed by atoms with E-state index in [1.54, 1.807) is 0 Å². The first-order chi connectivity index (χ1) is 8.82. The SMILES string of the molecule is CCOC[C@]12CCCO[C@H]1CCN(CC1CC1)C2. The highest BCUT2D eigenvalue weighted by Gasteiger charge is 2.46. The van der Waals surface area contributed by atoms with E-state index in [-0.39, 0.29) is 0 Å². The van der Waals surface area contributed by atoms with E-state index in [1.165, 1.54) is 51.7 Å². The quantitative estimate of drug-likeness (QED) is 0.750. The minimum absolute atomic E-state index is 0.293. The second-order valence-corrected chi connectivity index (χ2v) is 6.43. The molecule has 0 aromatic rings. The average molecular weight is 253 g/mol. The van der Waals surface area contributed by atoms with E-state index >= 15 is 0 Å². The zero-order chi connectivity index (χ0) is 12.4. The first-order valence-electron chi connectivity index (χ1n) is 7.74. The summed E-state index contributed by atoms with van der Waals surface area (Å²) in [5, 5.41) is 0. The van der Waals surface area contributed by atoms with Crippen LogP contribution in [-0.2, 0) is 9.47 Å². The molecule has 3 rings (SSSR count). The van der Waals surface area contributed by atoms with Crippen molar-refractivity contribution in [2.45, 2.75) is 45.1 Å². The van der Waals surface area contributed by atoms with E-state index in [4.69, 9.17) is 9.47 Å². The first-order valence-corrected chi connectivity index (χ1v) is 7.74. The summed E-state index contributed by atoms with van der Waals surface area (Å²) in [7, 11) is 0. The van der Waals surface area contributed by atoms with Crippen molar-refractivity contribution in [1.29, 1.82) is 0 Å². The molecule has 0 unspecified atom stereocenters. The molecule has 2 atom stereocenters. The Bertz CT molecular complexity index is 280. The molecule has 18 heavy (non-hydrogen) atoms. The molecule has 3 fully saturated rings. The van der Waals surface area contributed by atoms with Gasteiger partial charge in [-0.1, -0.05) is 0 Å². The molecule has 0 radical (unpaired) electrons. The predicted molar refractivity (Wildman–Crippen MR) is 71.7 cm³/mol. The average Bonchev–Trinajstić information content (AvgIpc) is 3.20. The number of hydrogen-bond donors (Lipinski definition) is 0. The second-order valence-electron chi connectivity index (χ2n) is 6.43. The van der Waals surface area contributed by atoms with Crippen molar-refractivity contribution in [1.82, 2.24) is 4.90 Å². The van der Waals surface area contributed by atoms with Crippen molar-refractivity contribution in [2.24, 2.45) is 11.3 Å². The molecule has 1 saturated carbocycles. The third-order valence-electron chi connectivity index (χ3n) is 4.87. The summed E-state index contributed by atoms with van der Waals surface area (Å²) in [5.74, 6) is 0.996. The second kappa shape index (κ2) is 5.48. The molecule has 3 aliphatic rings. The normalized spacial score (nSPS) is 37.5. The number of likely N-dealkylation sites (tertiary alicyclic amines) is 1. The molecule has 0 aromatic carbocycles. The topological polar surface area (TPSA) is 21.7 Å². The minimum Gasteiger partial charge on any atom is -0.381 e. The smallest absolute Gasteiger partial charge is 0.0677 e. The Labute approximate surface area is 111 Å². The molecule has 1 aliphatic carbocycles. The molecule has 104 valence electrons. The summed E-state index contributed by atoms with van der Waals surface area (Å²) in [6.07, 6.45) is 7.07. The van der Waals surface area contributed by atoms with Crippen LogP contribution in [0.25, 0.3) is 0 Å². The van der Waals surface area contributed by atoms with Gasteiger partial charge in [0.25, 0.3) is 0 Å². The fourth-order valence-electron chi connectivity index (χ4n) is 3.72. The van der Waals surface area contributed by atoms with Crippen LogP contribution in [-0.4, -0.2) is 50.5 Å². The van der Waals surface area contributed by atoms with Crippen molar-refractivity contribution in [3.8, 4) is 0 Å². The Morgan fingerprint density at radius 2 is 2.22 bits per heavy atom. The van der Waals surface area contributed by atoms with E-state index in [2.05, 4.69) is 11.8 Å². The number of piperidine rings is 1. The molecular formula is C15H27NO2. The summed E-state index contributed by atoms with van der Waals surface area (Å²) >= 11 is 0. The molecule has 2 heterocycles. The molecule has 0 spiro atoms. The largest absolute Gasteiger partial charge is 0.381 e. The molecule has 2 aliphatic heterocycles. The summed E-state index contributed by atoms with van der Waals surface area (Å²) in [5.41, 5.74) is 0.293. The number of hydrogen-bond acceptors (Lipinski definition) is 3. The van der Waals surface area contributed by atoms with Gasteiger partial charge in [0.05, 0.1) is 12.7 Å². The van der Waals surface area contributed by atoms with Gasteiger partial charge in [-0.15, -0.1) is 0 Å². The Morgan fingerprint density at radius 3 is 3.00 bits per heavy atom. The predicted octanol–water partition coefficient (Wildman–Crippen LogP) is 2.30. The molecule has 0 aromatic heterocycles. The molecule has 0 N–H and O–H groups in total. The summed E-state index contributed by atoms with van der Waals surface area (Å²) in [4.78, 5) is 2.68. The maximum Gasteiger partial charge on any atom is 0.0677 e. The standard InChI is InChI=1S/C15H27NO2/c1-2-17-12-15-7-3-9-18-14(15)6-8-16(11-15)10-13-4-5-13/h13-14H,2-12H2,1H3/t14-,15+/m0/s1. The lowest BCUT2D eigenvalue weighted by Crippen LogP contribution is -2.57. The zero-order valence-electron chi connectivity index (χ0n) is 11.7. The maximum absolute atomic E-state index is 6.04. The molecular weight excluding hydrogens is 226 g/mol. The van der Waals surface area contributed by atoms with Gasteiger partial charge in [-0.3, -0.25) is 0 Å². The van der Waals surface area contributed by atoms with Crippen LogP contribution in [0.4, 0.5) is 0 Å². The van der Waals surface area contributed by atoms with Crippen molar-refractivity contribution in [3.05, 3.63) is 0 Å². The molecule has 3 heteroatoms. The lowest BCUT2D eigenvalue weighted by molar-refractivity contribution is -0.152. The Hall–Kier alpha value is -0.120. The monoisotopic (exact) mass is 253 g/mol. The first kappa shape index (κ1) is 12.9. The van der Waals surface area contributed by atoms with Crippen LogP contribution < -0.4 is 0 Å². The number of fused-ring (bicyclic) bond motifs is 1. The van der Waals surface area contributed by atoms with E-state index in [1.807, 2.05) is 0 Å². The highest BCUT2D eigenvalue weighted by molar-refractivity contribution is 4.97. The molecule has 3 nitrogen and oxygen atoms in total. The number of rotatable bonds is 5. The van der Waals surface area contributed by atoms with Gasteiger partial charge in [-0.05, 0) is 44.9 Å². The zero-order valence-corrected chi connectivity index (χ0v) is 11.7. The van der Waals surface area contributed by atoms with E-state index in [9.17, 15) is 0 Å². The van der Waals surface area contributed by atoms with Gasteiger partial charge in [-0.25, -0.2) is 0 Å². The number of ether oxygens (including phenoxy) is 2. The fraction of sp³-hybridized carbons (Fsp3) is 1.00. The van der Waals surface area contributed by atoms with E-state index in [0.717, 1.165) is 25.7 Å². The van der Waals surface area contributed by atoms with Crippen LogP contribution in [0.15, 0.2) is 0 Å². The highest BCUT2D eigenvalue weighted by atomic mass is 16.5. The van der Waals surface area contributed by atoms with Gasteiger partial charge < -0.3 is 14.4 Å². The maximum atomic E-state index is 6.04.